The Bertz CT molecular complexity index is 1420. The van der Waals surface area contributed by atoms with Crippen LogP contribution in [0.3, 0.4) is 0 Å². The number of amides is 2. The van der Waals surface area contributed by atoms with Crippen LogP contribution in [0.4, 0.5) is 5.00 Å². The maximum atomic E-state index is 12.7. The number of nitrogens with one attached hydrogen (secondary N) is 2. The zero-order valence-electron chi connectivity index (χ0n) is 18.7. The van der Waals surface area contributed by atoms with Crippen molar-refractivity contribution in [3.63, 3.8) is 0 Å². The van der Waals surface area contributed by atoms with Gasteiger partial charge in [0.1, 0.15) is 0 Å². The SMILES string of the molecule is O=C(Nc1ccc(C(=O)NCc2ccccc2-c2ccc(Cn3cccn3)cc2)s1)c1ccco1. The molecular weight excluding hydrogens is 460 g/mol. The molecule has 0 atom stereocenters. The molecule has 0 saturated heterocycles. The lowest BCUT2D eigenvalue weighted by Crippen LogP contribution is -2.22. The number of anilines is 1. The van der Waals surface area contributed by atoms with Crippen molar-refractivity contribution >= 4 is 28.2 Å². The first kappa shape index (κ1) is 22.4. The molecule has 7 nitrogen and oxygen atoms in total. The zero-order chi connectivity index (χ0) is 24.0. The van der Waals surface area contributed by atoms with Gasteiger partial charge < -0.3 is 15.1 Å². The minimum atomic E-state index is -0.353. The number of carbonyl (C=O) groups is 2. The first-order valence-electron chi connectivity index (χ1n) is 11.0. The second-order valence-corrected chi connectivity index (χ2v) is 8.92. The van der Waals surface area contributed by atoms with Crippen molar-refractivity contribution in [2.24, 2.45) is 0 Å². The lowest BCUT2D eigenvalue weighted by molar-refractivity contribution is 0.0953. The molecule has 5 aromatic rings. The number of hydrogen-bond donors (Lipinski definition) is 2. The van der Waals surface area contributed by atoms with Crippen LogP contribution >= 0.6 is 11.3 Å². The molecule has 3 aromatic heterocycles. The van der Waals surface area contributed by atoms with Crippen molar-refractivity contribution < 1.29 is 14.0 Å². The van der Waals surface area contributed by atoms with Crippen molar-refractivity contribution in [2.75, 3.05) is 5.32 Å². The predicted octanol–water partition coefficient (Wildman–Crippen LogP) is 5.44. The van der Waals surface area contributed by atoms with Gasteiger partial charge in [-0.2, -0.15) is 5.10 Å². The van der Waals surface area contributed by atoms with Crippen LogP contribution in [0.2, 0.25) is 0 Å². The molecule has 0 aliphatic carbocycles. The molecule has 0 spiro atoms. The summed E-state index contributed by atoms with van der Waals surface area (Å²) in [6, 6.07) is 24.9. The Kier molecular flexibility index (Phi) is 6.54. The van der Waals surface area contributed by atoms with Crippen molar-refractivity contribution in [1.82, 2.24) is 15.1 Å². The minimum absolute atomic E-state index is 0.196. The summed E-state index contributed by atoms with van der Waals surface area (Å²) in [5, 5.41) is 10.6. The van der Waals surface area contributed by atoms with Crippen molar-refractivity contribution in [1.29, 1.82) is 0 Å². The number of thiophene rings is 1. The molecule has 2 amide bonds. The number of hydrogen-bond acceptors (Lipinski definition) is 5. The third kappa shape index (κ3) is 5.39. The van der Waals surface area contributed by atoms with Crippen LogP contribution in [0.15, 0.2) is 102 Å². The van der Waals surface area contributed by atoms with Crippen LogP contribution in [-0.2, 0) is 13.1 Å². The Balaban J connectivity index is 1.23. The van der Waals surface area contributed by atoms with Gasteiger partial charge in [-0.15, -0.1) is 11.3 Å². The van der Waals surface area contributed by atoms with E-state index in [4.69, 9.17) is 4.42 Å². The van der Waals surface area contributed by atoms with Gasteiger partial charge in [0.25, 0.3) is 11.8 Å². The van der Waals surface area contributed by atoms with E-state index in [2.05, 4.69) is 46.1 Å². The van der Waals surface area contributed by atoms with Gasteiger partial charge in [0.05, 0.1) is 22.7 Å². The molecular formula is C27H22N4O3S. The highest BCUT2D eigenvalue weighted by atomic mass is 32.1. The first-order valence-corrected chi connectivity index (χ1v) is 11.8. The molecule has 3 heterocycles. The van der Waals surface area contributed by atoms with E-state index in [1.54, 1.807) is 30.5 Å². The summed E-state index contributed by atoms with van der Waals surface area (Å²) in [5.74, 6) is -0.332. The smallest absolute Gasteiger partial charge is 0.291 e. The highest BCUT2D eigenvalue weighted by Gasteiger charge is 2.14. The fourth-order valence-electron chi connectivity index (χ4n) is 3.70. The van der Waals surface area contributed by atoms with E-state index in [0.29, 0.717) is 16.4 Å². The monoisotopic (exact) mass is 482 g/mol. The van der Waals surface area contributed by atoms with E-state index in [0.717, 1.165) is 28.8 Å². The van der Waals surface area contributed by atoms with Gasteiger partial charge in [-0.1, -0.05) is 48.5 Å². The van der Waals surface area contributed by atoms with Crippen LogP contribution < -0.4 is 10.6 Å². The number of aromatic nitrogens is 2. The lowest BCUT2D eigenvalue weighted by Gasteiger charge is -2.11. The minimum Gasteiger partial charge on any atom is -0.459 e. The topological polar surface area (TPSA) is 89.2 Å². The van der Waals surface area contributed by atoms with Crippen molar-refractivity contribution in [3.8, 4) is 11.1 Å². The van der Waals surface area contributed by atoms with E-state index < -0.39 is 0 Å². The van der Waals surface area contributed by atoms with Crippen LogP contribution in [0, 0.1) is 0 Å². The quantitative estimate of drug-likeness (QED) is 0.308. The van der Waals surface area contributed by atoms with Gasteiger partial charge in [0.2, 0.25) is 0 Å². The molecule has 0 aliphatic heterocycles. The van der Waals surface area contributed by atoms with Gasteiger partial charge in [-0.3, -0.25) is 14.3 Å². The summed E-state index contributed by atoms with van der Waals surface area (Å²) < 4.78 is 6.98. The Morgan fingerprint density at radius 2 is 1.77 bits per heavy atom. The molecule has 5 rings (SSSR count). The molecule has 0 saturated carbocycles. The first-order chi connectivity index (χ1) is 17.2. The normalized spacial score (nSPS) is 10.7. The highest BCUT2D eigenvalue weighted by Crippen LogP contribution is 2.26. The third-order valence-corrected chi connectivity index (χ3v) is 6.44. The fourth-order valence-corrected chi connectivity index (χ4v) is 4.52. The number of benzene rings is 2. The van der Waals surface area contributed by atoms with Crippen LogP contribution in [0.5, 0.6) is 0 Å². The average Bonchev–Trinajstić information content (AvgIpc) is 3.67. The molecule has 2 N–H and O–H groups in total. The summed E-state index contributed by atoms with van der Waals surface area (Å²) in [6.07, 6.45) is 5.15. The molecule has 0 radical (unpaired) electrons. The molecule has 0 unspecified atom stereocenters. The molecule has 0 aliphatic rings. The second kappa shape index (κ2) is 10.2. The van der Waals surface area contributed by atoms with Crippen molar-refractivity contribution in [3.05, 3.63) is 119 Å². The Morgan fingerprint density at radius 3 is 2.54 bits per heavy atom. The summed E-state index contributed by atoms with van der Waals surface area (Å²) >= 11 is 1.21. The van der Waals surface area contributed by atoms with E-state index in [1.807, 2.05) is 35.1 Å². The number of nitrogens with zero attached hydrogens (tertiary/aromatic N) is 2. The summed E-state index contributed by atoms with van der Waals surface area (Å²) in [4.78, 5) is 25.4. The third-order valence-electron chi connectivity index (χ3n) is 5.44. The predicted molar refractivity (Wildman–Crippen MR) is 135 cm³/mol. The van der Waals surface area contributed by atoms with Crippen molar-refractivity contribution in [2.45, 2.75) is 13.1 Å². The van der Waals surface area contributed by atoms with Gasteiger partial charge in [-0.05, 0) is 52.6 Å². The number of carbonyl (C=O) groups excluding carboxylic acids is 2. The van der Waals surface area contributed by atoms with E-state index in [9.17, 15) is 9.59 Å². The summed E-state index contributed by atoms with van der Waals surface area (Å²) in [7, 11) is 0. The van der Waals surface area contributed by atoms with Gasteiger partial charge in [0, 0.05) is 18.9 Å². The number of furan rings is 1. The number of rotatable bonds is 8. The standard InChI is InChI=1S/C27H22N4O3S/c32-26(23-7-3-16-34-23)30-25-13-12-24(35-25)27(33)28-17-21-5-1-2-6-22(21)20-10-8-19(9-11-20)18-31-15-4-14-29-31/h1-16H,17-18H2,(H,28,33)(H,30,32). The summed E-state index contributed by atoms with van der Waals surface area (Å²) in [5.41, 5.74) is 4.33. The maximum Gasteiger partial charge on any atom is 0.291 e. The molecule has 2 aromatic carbocycles. The lowest BCUT2D eigenvalue weighted by atomic mass is 9.98. The Labute approximate surface area is 206 Å². The van der Waals surface area contributed by atoms with Gasteiger partial charge in [0.15, 0.2) is 5.76 Å². The largest absolute Gasteiger partial charge is 0.459 e. The van der Waals surface area contributed by atoms with E-state index in [1.165, 1.54) is 17.6 Å². The van der Waals surface area contributed by atoms with Crippen LogP contribution in [-0.4, -0.2) is 21.6 Å². The molecule has 174 valence electrons. The fraction of sp³-hybridized carbons (Fsp3) is 0.0741. The Morgan fingerprint density at radius 1 is 0.914 bits per heavy atom. The van der Waals surface area contributed by atoms with Gasteiger partial charge in [-0.25, -0.2) is 0 Å². The molecule has 0 fully saturated rings. The zero-order valence-corrected chi connectivity index (χ0v) is 19.5. The van der Waals surface area contributed by atoms with Crippen LogP contribution in [0.1, 0.15) is 31.4 Å². The summed E-state index contributed by atoms with van der Waals surface area (Å²) in [6.45, 7) is 1.10. The molecule has 35 heavy (non-hydrogen) atoms. The second-order valence-electron chi connectivity index (χ2n) is 7.84. The van der Waals surface area contributed by atoms with Crippen LogP contribution in [0.25, 0.3) is 11.1 Å². The van der Waals surface area contributed by atoms with E-state index >= 15 is 0 Å². The molecule has 8 heteroatoms. The maximum absolute atomic E-state index is 12.7. The van der Waals surface area contributed by atoms with E-state index in [-0.39, 0.29) is 17.6 Å². The molecule has 0 bridgehead atoms. The highest BCUT2D eigenvalue weighted by molar-refractivity contribution is 7.18. The van der Waals surface area contributed by atoms with Gasteiger partial charge >= 0.3 is 0 Å². The Hall–Kier alpha value is -4.43. The average molecular weight is 483 g/mol.